The van der Waals surface area contributed by atoms with E-state index in [1.54, 1.807) is 6.07 Å². The quantitative estimate of drug-likeness (QED) is 0.793. The van der Waals surface area contributed by atoms with Gasteiger partial charge in [0.05, 0.1) is 5.69 Å². The Morgan fingerprint density at radius 3 is 2.38 bits per heavy atom. The van der Waals surface area contributed by atoms with Gasteiger partial charge in [-0.25, -0.2) is 4.79 Å². The average molecular weight is 302 g/mol. The molecule has 0 unspecified atom stereocenters. The van der Waals surface area contributed by atoms with Gasteiger partial charge in [0, 0.05) is 9.79 Å². The molecular formula is C15H14N2O3S. The molecule has 21 heavy (non-hydrogen) atoms. The minimum atomic E-state index is -1.22. The third-order valence-corrected chi connectivity index (χ3v) is 3.62. The maximum Gasteiger partial charge on any atom is 0.405 e. The second kappa shape index (κ2) is 7.35. The Kier molecular flexibility index (Phi) is 5.22. The molecule has 0 aliphatic heterocycles. The third-order valence-electron chi connectivity index (χ3n) is 2.53. The molecule has 0 spiro atoms. The number of nitrogens with one attached hydrogen (secondary N) is 2. The lowest BCUT2D eigenvalue weighted by Crippen LogP contribution is -2.31. The molecule has 0 fully saturated rings. The van der Waals surface area contributed by atoms with Crippen molar-refractivity contribution in [3.63, 3.8) is 0 Å². The fourth-order valence-corrected chi connectivity index (χ4v) is 2.55. The van der Waals surface area contributed by atoms with E-state index < -0.39 is 12.0 Å². The lowest BCUT2D eigenvalue weighted by molar-refractivity contribution is -0.115. The van der Waals surface area contributed by atoms with Crippen LogP contribution in [0.4, 0.5) is 10.5 Å². The first-order valence-corrected chi connectivity index (χ1v) is 7.05. The van der Waals surface area contributed by atoms with Crippen LogP contribution >= 0.6 is 11.8 Å². The predicted molar refractivity (Wildman–Crippen MR) is 81.7 cm³/mol. The zero-order valence-corrected chi connectivity index (χ0v) is 11.9. The lowest BCUT2D eigenvalue weighted by atomic mass is 10.3. The van der Waals surface area contributed by atoms with Gasteiger partial charge in [0.2, 0.25) is 5.91 Å². The number of rotatable bonds is 5. The summed E-state index contributed by atoms with van der Waals surface area (Å²) in [5, 5.41) is 13.2. The molecule has 0 radical (unpaired) electrons. The van der Waals surface area contributed by atoms with Gasteiger partial charge >= 0.3 is 6.09 Å². The zero-order valence-electron chi connectivity index (χ0n) is 11.1. The number of hydrogen-bond donors (Lipinski definition) is 3. The summed E-state index contributed by atoms with van der Waals surface area (Å²) in [7, 11) is 0. The molecule has 0 saturated carbocycles. The van der Waals surface area contributed by atoms with Gasteiger partial charge < -0.3 is 15.7 Å². The molecule has 108 valence electrons. The molecule has 0 saturated heterocycles. The fourth-order valence-electron chi connectivity index (χ4n) is 1.62. The molecule has 0 atom stereocenters. The summed E-state index contributed by atoms with van der Waals surface area (Å²) in [4.78, 5) is 24.0. The molecule has 0 aliphatic carbocycles. The van der Waals surface area contributed by atoms with Crippen LogP contribution in [-0.2, 0) is 4.79 Å². The number of para-hydroxylation sites is 1. The number of carboxylic acid groups (broad SMARTS) is 1. The standard InChI is InChI=1S/C15H14N2O3S/c18-14(10-16-15(19)20)17-12-8-4-5-9-13(12)21-11-6-2-1-3-7-11/h1-9,16H,10H2,(H,17,18)(H,19,20). The first-order valence-electron chi connectivity index (χ1n) is 6.24. The van der Waals surface area contributed by atoms with E-state index in [4.69, 9.17) is 5.11 Å². The Balaban J connectivity index is 2.06. The average Bonchev–Trinajstić information content (AvgIpc) is 2.48. The van der Waals surface area contributed by atoms with Gasteiger partial charge in [-0.05, 0) is 24.3 Å². The van der Waals surface area contributed by atoms with Gasteiger partial charge in [-0.3, -0.25) is 4.79 Å². The van der Waals surface area contributed by atoms with Crippen molar-refractivity contribution in [1.82, 2.24) is 5.32 Å². The Morgan fingerprint density at radius 1 is 1.00 bits per heavy atom. The van der Waals surface area contributed by atoms with Crippen molar-refractivity contribution in [3.05, 3.63) is 54.6 Å². The summed E-state index contributed by atoms with van der Waals surface area (Å²) in [6.45, 7) is -0.278. The number of anilines is 1. The number of amides is 2. The highest BCUT2D eigenvalue weighted by molar-refractivity contribution is 7.99. The van der Waals surface area contributed by atoms with Crippen LogP contribution in [0.1, 0.15) is 0 Å². The van der Waals surface area contributed by atoms with Crippen molar-refractivity contribution in [2.24, 2.45) is 0 Å². The Bertz CT molecular complexity index is 632. The van der Waals surface area contributed by atoms with E-state index in [1.807, 2.05) is 53.8 Å². The Labute approximate surface area is 126 Å². The topological polar surface area (TPSA) is 78.4 Å². The molecule has 5 nitrogen and oxygen atoms in total. The van der Waals surface area contributed by atoms with Gasteiger partial charge in [-0.1, -0.05) is 42.1 Å². The van der Waals surface area contributed by atoms with Crippen LogP contribution in [0.15, 0.2) is 64.4 Å². The highest BCUT2D eigenvalue weighted by Crippen LogP contribution is 2.32. The van der Waals surface area contributed by atoms with Crippen LogP contribution in [0, 0.1) is 0 Å². The number of carbonyl (C=O) groups excluding carboxylic acids is 1. The smallest absolute Gasteiger partial charge is 0.405 e. The third kappa shape index (κ3) is 4.85. The summed E-state index contributed by atoms with van der Waals surface area (Å²) < 4.78 is 0. The molecule has 2 aromatic rings. The molecule has 2 amide bonds. The van der Waals surface area contributed by atoms with Crippen molar-refractivity contribution < 1.29 is 14.7 Å². The van der Waals surface area contributed by atoms with Gasteiger partial charge in [0.1, 0.15) is 6.54 Å². The van der Waals surface area contributed by atoms with Crippen molar-refractivity contribution in [2.45, 2.75) is 9.79 Å². The molecule has 0 aromatic heterocycles. The van der Waals surface area contributed by atoms with E-state index in [0.29, 0.717) is 5.69 Å². The largest absolute Gasteiger partial charge is 0.465 e. The number of hydrogen-bond acceptors (Lipinski definition) is 3. The highest BCUT2D eigenvalue weighted by Gasteiger charge is 2.08. The second-order valence-corrected chi connectivity index (χ2v) is 5.23. The molecule has 2 aromatic carbocycles. The van der Waals surface area contributed by atoms with Crippen molar-refractivity contribution in [2.75, 3.05) is 11.9 Å². The van der Waals surface area contributed by atoms with Crippen LogP contribution in [0.5, 0.6) is 0 Å². The van der Waals surface area contributed by atoms with E-state index in [9.17, 15) is 9.59 Å². The van der Waals surface area contributed by atoms with Gasteiger partial charge in [0.25, 0.3) is 0 Å². The second-order valence-electron chi connectivity index (χ2n) is 4.12. The van der Waals surface area contributed by atoms with Crippen LogP contribution in [0.2, 0.25) is 0 Å². The minimum absolute atomic E-state index is 0.278. The summed E-state index contributed by atoms with van der Waals surface area (Å²) >= 11 is 1.53. The van der Waals surface area contributed by atoms with Gasteiger partial charge in [-0.15, -0.1) is 0 Å². The van der Waals surface area contributed by atoms with Crippen molar-refractivity contribution in [1.29, 1.82) is 0 Å². The minimum Gasteiger partial charge on any atom is -0.465 e. The van der Waals surface area contributed by atoms with Crippen LogP contribution < -0.4 is 10.6 Å². The summed E-state index contributed by atoms with van der Waals surface area (Å²) in [5.74, 6) is -0.404. The summed E-state index contributed by atoms with van der Waals surface area (Å²) in [5.41, 5.74) is 0.656. The zero-order chi connectivity index (χ0) is 15.1. The molecule has 6 heteroatoms. The van der Waals surface area contributed by atoms with E-state index in [2.05, 4.69) is 5.32 Å². The maximum absolute atomic E-state index is 11.7. The van der Waals surface area contributed by atoms with Crippen LogP contribution in [0.25, 0.3) is 0 Å². The van der Waals surface area contributed by atoms with Gasteiger partial charge in [-0.2, -0.15) is 0 Å². The molecule has 2 rings (SSSR count). The van der Waals surface area contributed by atoms with Gasteiger partial charge in [0.15, 0.2) is 0 Å². The molecule has 3 N–H and O–H groups in total. The monoisotopic (exact) mass is 302 g/mol. The van der Waals surface area contributed by atoms with E-state index in [1.165, 1.54) is 11.8 Å². The predicted octanol–water partition coefficient (Wildman–Crippen LogP) is 3.04. The first-order chi connectivity index (χ1) is 10.1. The van der Waals surface area contributed by atoms with Crippen molar-refractivity contribution in [3.8, 4) is 0 Å². The highest BCUT2D eigenvalue weighted by atomic mass is 32.2. The normalized spacial score (nSPS) is 9.90. The fraction of sp³-hybridized carbons (Fsp3) is 0.0667. The number of carbonyl (C=O) groups is 2. The first kappa shape index (κ1) is 14.9. The van der Waals surface area contributed by atoms with E-state index in [0.717, 1.165) is 9.79 Å². The SMILES string of the molecule is O=C(O)NCC(=O)Nc1ccccc1Sc1ccccc1. The summed E-state index contributed by atoms with van der Waals surface area (Å²) in [6, 6.07) is 17.2. The van der Waals surface area contributed by atoms with Crippen LogP contribution in [0.3, 0.4) is 0 Å². The lowest BCUT2D eigenvalue weighted by Gasteiger charge is -2.10. The van der Waals surface area contributed by atoms with Crippen molar-refractivity contribution >= 4 is 29.4 Å². The molecule has 0 bridgehead atoms. The maximum atomic E-state index is 11.7. The van der Waals surface area contributed by atoms with E-state index >= 15 is 0 Å². The molecular weight excluding hydrogens is 288 g/mol. The number of benzene rings is 2. The molecule has 0 heterocycles. The molecule has 0 aliphatic rings. The Morgan fingerprint density at radius 2 is 1.67 bits per heavy atom. The van der Waals surface area contributed by atoms with E-state index in [-0.39, 0.29) is 6.54 Å². The summed E-state index contributed by atoms with van der Waals surface area (Å²) in [6.07, 6.45) is -1.22. The van der Waals surface area contributed by atoms with Crippen LogP contribution in [-0.4, -0.2) is 23.7 Å². The Hall–Kier alpha value is -2.47.